The van der Waals surface area contributed by atoms with Crippen LogP contribution in [0.1, 0.15) is 10.4 Å². The van der Waals surface area contributed by atoms with Gasteiger partial charge in [0, 0.05) is 12.7 Å². The van der Waals surface area contributed by atoms with Gasteiger partial charge in [-0.05, 0) is 18.2 Å². The first kappa shape index (κ1) is 16.1. The summed E-state index contributed by atoms with van der Waals surface area (Å²) in [6.07, 6.45) is 0.379. The van der Waals surface area contributed by atoms with E-state index in [2.05, 4.69) is 4.74 Å². The van der Waals surface area contributed by atoms with Crippen LogP contribution in [-0.4, -0.2) is 41.2 Å². The number of nitrogens with two attached hydrogens (primary N) is 1. The van der Waals surface area contributed by atoms with Crippen LogP contribution in [0.4, 0.5) is 11.4 Å². The van der Waals surface area contributed by atoms with Gasteiger partial charge < -0.3 is 14.2 Å². The summed E-state index contributed by atoms with van der Waals surface area (Å²) >= 11 is -2.04. The second-order valence-electron chi connectivity index (χ2n) is 3.89. The molecule has 1 atom stereocenters. The summed E-state index contributed by atoms with van der Waals surface area (Å²) in [4.78, 5) is 23.7. The summed E-state index contributed by atoms with van der Waals surface area (Å²) in [6.45, 7) is 0. The van der Waals surface area contributed by atoms with Crippen LogP contribution < -0.4 is 15.8 Å². The van der Waals surface area contributed by atoms with E-state index in [0.717, 1.165) is 5.01 Å². The van der Waals surface area contributed by atoms with Gasteiger partial charge in [-0.15, -0.1) is 0 Å². The molecule has 0 saturated carbocycles. The number of carbonyl (C=O) groups is 2. The molecule has 0 aliphatic heterocycles. The van der Waals surface area contributed by atoms with Gasteiger partial charge in [-0.3, -0.25) is 9.80 Å². The number of nitrogens with zero attached hydrogens (tertiary/aromatic N) is 2. The maximum absolute atomic E-state index is 11.6. The van der Waals surface area contributed by atoms with Gasteiger partial charge in [0.25, 0.3) is 0 Å². The SMILES string of the molecule is COC(=O)c1cc(N(N)C=O)cc(N(C)CS(=O)O)c1. The fourth-order valence-electron chi connectivity index (χ4n) is 1.50. The summed E-state index contributed by atoms with van der Waals surface area (Å²) in [5.41, 5.74) is 0.879. The lowest BCUT2D eigenvalue weighted by molar-refractivity contribution is -0.107. The standard InChI is InChI=1S/C11H15N3O5S/c1-13(7-20(17)18)9-3-8(11(16)19-2)4-10(5-9)14(12)6-15/h3-6H,7,12H2,1-2H3,(H,17,18). The van der Waals surface area contributed by atoms with Gasteiger partial charge in [0.2, 0.25) is 6.41 Å². The zero-order chi connectivity index (χ0) is 15.3. The lowest BCUT2D eigenvalue weighted by Crippen LogP contribution is -2.29. The molecule has 0 heterocycles. The van der Waals surface area contributed by atoms with Gasteiger partial charge in [0.15, 0.2) is 11.1 Å². The Labute approximate surface area is 118 Å². The molecule has 1 unspecified atom stereocenters. The van der Waals surface area contributed by atoms with Crippen LogP contribution in [-0.2, 0) is 20.6 Å². The minimum Gasteiger partial charge on any atom is -0.465 e. The number of amides is 1. The molecule has 1 aromatic rings. The van der Waals surface area contributed by atoms with Crippen molar-refractivity contribution in [3.8, 4) is 0 Å². The Balaban J connectivity index is 3.25. The fourth-order valence-corrected chi connectivity index (χ4v) is 1.98. The molecule has 0 spiro atoms. The van der Waals surface area contributed by atoms with Crippen LogP contribution in [0.2, 0.25) is 0 Å². The smallest absolute Gasteiger partial charge is 0.337 e. The number of methoxy groups -OCH3 is 1. The lowest BCUT2D eigenvalue weighted by Gasteiger charge is -2.20. The molecule has 0 bridgehead atoms. The molecule has 0 saturated heterocycles. The molecule has 1 aromatic carbocycles. The minimum absolute atomic E-state index is 0.157. The number of rotatable bonds is 6. The highest BCUT2D eigenvalue weighted by Crippen LogP contribution is 2.23. The number of benzene rings is 1. The predicted octanol–water partition coefficient (Wildman–Crippen LogP) is -0.0749. The number of hydrogen-bond donors (Lipinski definition) is 2. The normalized spacial score (nSPS) is 11.6. The van der Waals surface area contributed by atoms with Crippen LogP contribution in [0.5, 0.6) is 0 Å². The van der Waals surface area contributed by atoms with Crippen LogP contribution in [0.3, 0.4) is 0 Å². The molecule has 1 rings (SSSR count). The lowest BCUT2D eigenvalue weighted by atomic mass is 10.1. The molecule has 0 radical (unpaired) electrons. The topological polar surface area (TPSA) is 113 Å². The van der Waals surface area contributed by atoms with Gasteiger partial charge in [-0.1, -0.05) is 0 Å². The molecule has 0 aliphatic carbocycles. The molecule has 0 aliphatic rings. The average Bonchev–Trinajstić information content (AvgIpc) is 2.44. The third-order valence-electron chi connectivity index (χ3n) is 2.48. The second kappa shape index (κ2) is 6.98. The Hall–Kier alpha value is -1.97. The first-order valence-corrected chi connectivity index (χ1v) is 6.68. The second-order valence-corrected chi connectivity index (χ2v) is 4.79. The van der Waals surface area contributed by atoms with E-state index in [0.29, 0.717) is 12.1 Å². The van der Waals surface area contributed by atoms with Gasteiger partial charge in [0.1, 0.15) is 5.88 Å². The molecule has 0 fully saturated rings. The van der Waals surface area contributed by atoms with E-state index in [9.17, 15) is 13.8 Å². The monoisotopic (exact) mass is 301 g/mol. The van der Waals surface area contributed by atoms with E-state index in [-0.39, 0.29) is 17.1 Å². The first-order valence-electron chi connectivity index (χ1n) is 5.40. The molecule has 20 heavy (non-hydrogen) atoms. The van der Waals surface area contributed by atoms with E-state index in [1.165, 1.54) is 30.2 Å². The zero-order valence-corrected chi connectivity index (χ0v) is 11.8. The van der Waals surface area contributed by atoms with Crippen molar-refractivity contribution in [2.45, 2.75) is 0 Å². The maximum atomic E-state index is 11.6. The van der Waals surface area contributed by atoms with E-state index in [4.69, 9.17) is 10.4 Å². The predicted molar refractivity (Wildman–Crippen MR) is 74.6 cm³/mol. The third-order valence-corrected chi connectivity index (χ3v) is 3.09. The zero-order valence-electron chi connectivity index (χ0n) is 11.0. The van der Waals surface area contributed by atoms with Gasteiger partial charge >= 0.3 is 5.97 Å². The molecule has 1 amide bonds. The van der Waals surface area contributed by atoms with E-state index in [1.54, 1.807) is 7.05 Å². The highest BCUT2D eigenvalue weighted by atomic mass is 32.2. The highest BCUT2D eigenvalue weighted by Gasteiger charge is 2.14. The summed E-state index contributed by atoms with van der Waals surface area (Å²) in [6, 6.07) is 4.36. The summed E-state index contributed by atoms with van der Waals surface area (Å²) < 4.78 is 24.3. The van der Waals surface area contributed by atoms with Crippen molar-refractivity contribution in [1.29, 1.82) is 0 Å². The number of anilines is 2. The number of hydrazine groups is 1. The van der Waals surface area contributed by atoms with Crippen molar-refractivity contribution < 1.29 is 23.1 Å². The number of esters is 1. The molecular formula is C11H15N3O5S. The highest BCUT2D eigenvalue weighted by molar-refractivity contribution is 7.79. The van der Waals surface area contributed by atoms with Crippen LogP contribution in [0.25, 0.3) is 0 Å². The van der Waals surface area contributed by atoms with Crippen molar-refractivity contribution in [3.63, 3.8) is 0 Å². The van der Waals surface area contributed by atoms with Gasteiger partial charge in [-0.25, -0.2) is 14.8 Å². The van der Waals surface area contributed by atoms with E-state index < -0.39 is 17.0 Å². The quantitative estimate of drug-likeness (QED) is 0.189. The molecule has 8 nitrogen and oxygen atoms in total. The summed E-state index contributed by atoms with van der Waals surface area (Å²) in [5.74, 6) is 4.70. The Morgan fingerprint density at radius 3 is 2.55 bits per heavy atom. The number of ether oxygens (including phenoxy) is 1. The third kappa shape index (κ3) is 4.02. The van der Waals surface area contributed by atoms with Crippen LogP contribution in [0, 0.1) is 0 Å². The summed E-state index contributed by atoms with van der Waals surface area (Å²) in [5, 5.41) is 0.791. The van der Waals surface area contributed by atoms with Gasteiger partial charge in [-0.2, -0.15) is 0 Å². The Morgan fingerprint density at radius 2 is 2.05 bits per heavy atom. The Bertz CT molecular complexity index is 537. The van der Waals surface area contributed by atoms with Crippen molar-refractivity contribution in [1.82, 2.24) is 0 Å². The number of carbonyl (C=O) groups excluding carboxylic acids is 2. The number of hydrogen-bond acceptors (Lipinski definition) is 6. The minimum atomic E-state index is -2.04. The van der Waals surface area contributed by atoms with Crippen molar-refractivity contribution in [2.75, 3.05) is 29.9 Å². The Kier molecular flexibility index (Phi) is 5.62. The molecular weight excluding hydrogens is 286 g/mol. The summed E-state index contributed by atoms with van der Waals surface area (Å²) in [7, 11) is 2.79. The van der Waals surface area contributed by atoms with Crippen molar-refractivity contribution >= 4 is 34.8 Å². The largest absolute Gasteiger partial charge is 0.465 e. The molecule has 9 heteroatoms. The maximum Gasteiger partial charge on any atom is 0.337 e. The van der Waals surface area contributed by atoms with Crippen LogP contribution in [0.15, 0.2) is 18.2 Å². The van der Waals surface area contributed by atoms with E-state index >= 15 is 0 Å². The van der Waals surface area contributed by atoms with Crippen molar-refractivity contribution in [2.24, 2.45) is 5.84 Å². The van der Waals surface area contributed by atoms with Gasteiger partial charge in [0.05, 0.1) is 18.4 Å². The Morgan fingerprint density at radius 1 is 1.45 bits per heavy atom. The molecule has 3 N–H and O–H groups in total. The average molecular weight is 301 g/mol. The fraction of sp³-hybridized carbons (Fsp3) is 0.273. The van der Waals surface area contributed by atoms with E-state index in [1.807, 2.05) is 0 Å². The molecule has 110 valence electrons. The van der Waals surface area contributed by atoms with Crippen LogP contribution >= 0.6 is 0 Å². The first-order chi connectivity index (χ1) is 9.38. The molecule has 0 aromatic heterocycles. The van der Waals surface area contributed by atoms with Crippen molar-refractivity contribution in [3.05, 3.63) is 23.8 Å².